The van der Waals surface area contributed by atoms with Crippen LogP contribution in [0.25, 0.3) is 5.57 Å². The second-order valence-electron chi connectivity index (χ2n) is 7.35. The number of methoxy groups -OCH3 is 1. The summed E-state index contributed by atoms with van der Waals surface area (Å²) in [5.41, 5.74) is -0.974. The van der Waals surface area contributed by atoms with E-state index in [1.807, 2.05) is 0 Å². The van der Waals surface area contributed by atoms with E-state index in [0.29, 0.717) is 11.3 Å². The summed E-state index contributed by atoms with van der Waals surface area (Å²) in [5, 5.41) is 11.9. The van der Waals surface area contributed by atoms with Gasteiger partial charge in [-0.3, -0.25) is 19.2 Å². The molecule has 1 aromatic carbocycles. The standard InChI is InChI=1S/C20H20Cl2N2O7S/c1-10(25)31-8-20(19(28)29)7-24-17(27)14(18(24)32-9-20)23-16(26)13(15(21)22)11-3-5-12(30-2)6-4-11/h3-6,14,18H,7-9H2,1-2H3,(H,23,26)(H,28,29)/t14?,18-,20?/m1/s1. The van der Waals surface area contributed by atoms with E-state index in [2.05, 4.69) is 5.32 Å². The van der Waals surface area contributed by atoms with Crippen LogP contribution in [0.15, 0.2) is 28.8 Å². The first kappa shape index (κ1) is 24.2. The predicted molar refractivity (Wildman–Crippen MR) is 118 cm³/mol. The van der Waals surface area contributed by atoms with Crippen LogP contribution in [0.3, 0.4) is 0 Å². The number of rotatable bonds is 7. The Morgan fingerprint density at radius 1 is 1.28 bits per heavy atom. The van der Waals surface area contributed by atoms with Crippen molar-refractivity contribution in [2.45, 2.75) is 18.3 Å². The second kappa shape index (κ2) is 9.60. The van der Waals surface area contributed by atoms with Gasteiger partial charge in [-0.2, -0.15) is 0 Å². The lowest BCUT2D eigenvalue weighted by Gasteiger charge is -2.53. The summed E-state index contributed by atoms with van der Waals surface area (Å²) in [7, 11) is 1.51. The number of esters is 1. The fourth-order valence-electron chi connectivity index (χ4n) is 3.44. The van der Waals surface area contributed by atoms with Crippen LogP contribution in [0, 0.1) is 5.41 Å². The summed E-state index contributed by atoms with van der Waals surface area (Å²) in [6.07, 6.45) is 0. The Morgan fingerprint density at radius 2 is 1.94 bits per heavy atom. The summed E-state index contributed by atoms with van der Waals surface area (Å²) in [6, 6.07) is 5.63. The van der Waals surface area contributed by atoms with Gasteiger partial charge in [0.15, 0.2) is 0 Å². The van der Waals surface area contributed by atoms with E-state index in [9.17, 15) is 24.3 Å². The van der Waals surface area contributed by atoms with Crippen LogP contribution in [-0.4, -0.2) is 71.2 Å². The van der Waals surface area contributed by atoms with E-state index in [1.54, 1.807) is 24.3 Å². The zero-order valence-electron chi connectivity index (χ0n) is 17.1. The highest BCUT2D eigenvalue weighted by atomic mass is 35.5. The molecular formula is C20H20Cl2N2O7S. The number of benzene rings is 1. The molecule has 2 fully saturated rings. The minimum atomic E-state index is -1.41. The van der Waals surface area contributed by atoms with Gasteiger partial charge in [0.05, 0.1) is 12.7 Å². The SMILES string of the molecule is COc1ccc(C(C(=O)NC2C(=O)N3CC(COC(C)=O)(C(=O)O)CS[C@H]23)=C(Cl)Cl)cc1. The number of ether oxygens (including phenoxy) is 2. The van der Waals surface area contributed by atoms with Crippen LogP contribution in [0.2, 0.25) is 0 Å². The summed E-state index contributed by atoms with van der Waals surface area (Å²) in [5.74, 6) is -2.16. The van der Waals surface area contributed by atoms with Gasteiger partial charge in [-0.25, -0.2) is 0 Å². The van der Waals surface area contributed by atoms with Crippen LogP contribution in [0.1, 0.15) is 12.5 Å². The van der Waals surface area contributed by atoms with Gasteiger partial charge in [-0.15, -0.1) is 11.8 Å². The molecule has 1 aromatic rings. The maximum Gasteiger partial charge on any atom is 0.315 e. The van der Waals surface area contributed by atoms with Gasteiger partial charge in [-0.1, -0.05) is 35.3 Å². The molecular weight excluding hydrogens is 483 g/mol. The topological polar surface area (TPSA) is 122 Å². The fraction of sp³-hybridized carbons (Fsp3) is 0.400. The number of fused-ring (bicyclic) bond motifs is 1. The molecule has 12 heteroatoms. The third-order valence-corrected chi connectivity index (χ3v) is 7.20. The minimum Gasteiger partial charge on any atom is -0.497 e. The monoisotopic (exact) mass is 502 g/mol. The van der Waals surface area contributed by atoms with E-state index in [-0.39, 0.29) is 29.0 Å². The van der Waals surface area contributed by atoms with E-state index in [1.165, 1.54) is 30.7 Å². The van der Waals surface area contributed by atoms with E-state index in [4.69, 9.17) is 32.7 Å². The lowest BCUT2D eigenvalue weighted by molar-refractivity contribution is -0.164. The van der Waals surface area contributed by atoms with E-state index in [0.717, 1.165) is 0 Å². The number of carboxylic acids is 1. The molecule has 172 valence electrons. The van der Waals surface area contributed by atoms with Crippen LogP contribution >= 0.6 is 35.0 Å². The first-order chi connectivity index (χ1) is 15.1. The highest BCUT2D eigenvalue weighted by Crippen LogP contribution is 2.42. The molecule has 0 spiro atoms. The molecule has 3 atom stereocenters. The van der Waals surface area contributed by atoms with E-state index >= 15 is 0 Å². The molecule has 0 saturated carbocycles. The average Bonchev–Trinajstić information content (AvgIpc) is 2.76. The van der Waals surface area contributed by atoms with Gasteiger partial charge >= 0.3 is 11.9 Å². The third-order valence-electron chi connectivity index (χ3n) is 5.23. The van der Waals surface area contributed by atoms with Crippen LogP contribution in [-0.2, 0) is 23.9 Å². The van der Waals surface area contributed by atoms with Gasteiger partial charge in [0, 0.05) is 19.2 Å². The second-order valence-corrected chi connectivity index (χ2v) is 9.40. The summed E-state index contributed by atoms with van der Waals surface area (Å²) >= 11 is 13.1. The summed E-state index contributed by atoms with van der Waals surface area (Å²) in [4.78, 5) is 49.9. The molecule has 2 aliphatic heterocycles. The molecule has 2 saturated heterocycles. The van der Waals surface area contributed by atoms with E-state index < -0.39 is 40.6 Å². The Morgan fingerprint density at radius 3 is 2.47 bits per heavy atom. The van der Waals surface area contributed by atoms with Gasteiger partial charge in [-0.05, 0) is 17.7 Å². The van der Waals surface area contributed by atoms with Crippen molar-refractivity contribution in [3.63, 3.8) is 0 Å². The molecule has 2 amide bonds. The summed E-state index contributed by atoms with van der Waals surface area (Å²) in [6.45, 7) is 0.713. The molecule has 9 nitrogen and oxygen atoms in total. The molecule has 2 aliphatic rings. The number of β-lactam (4-membered cyclic amide) rings is 1. The minimum absolute atomic E-state index is 0.00205. The van der Waals surface area contributed by atoms with Crippen molar-refractivity contribution in [2.75, 3.05) is 26.0 Å². The van der Waals surface area contributed by atoms with Crippen molar-refractivity contribution < 1.29 is 33.8 Å². The van der Waals surface area contributed by atoms with Crippen molar-refractivity contribution >= 4 is 64.3 Å². The lowest BCUT2D eigenvalue weighted by atomic mass is 9.88. The Balaban J connectivity index is 1.71. The third kappa shape index (κ3) is 4.67. The molecule has 0 aromatic heterocycles. The summed E-state index contributed by atoms with van der Waals surface area (Å²) < 4.78 is 9.75. The molecule has 2 N–H and O–H groups in total. The number of carboxylic acid groups (broad SMARTS) is 1. The van der Waals surface area contributed by atoms with Crippen molar-refractivity contribution in [3.8, 4) is 5.75 Å². The number of aliphatic carboxylic acids is 1. The zero-order valence-corrected chi connectivity index (χ0v) is 19.4. The van der Waals surface area contributed by atoms with Crippen molar-refractivity contribution in [1.82, 2.24) is 10.2 Å². The average molecular weight is 503 g/mol. The molecule has 0 aliphatic carbocycles. The van der Waals surface area contributed by atoms with Gasteiger partial charge in [0.25, 0.3) is 5.91 Å². The van der Waals surface area contributed by atoms with Crippen LogP contribution in [0.4, 0.5) is 0 Å². The fourth-order valence-corrected chi connectivity index (χ4v) is 5.36. The van der Waals surface area contributed by atoms with Gasteiger partial charge in [0.1, 0.15) is 33.7 Å². The number of carbonyl (C=O) groups is 4. The molecule has 0 radical (unpaired) electrons. The van der Waals surface area contributed by atoms with Crippen LogP contribution < -0.4 is 10.1 Å². The first-order valence-corrected chi connectivity index (χ1v) is 11.2. The molecule has 2 heterocycles. The number of hydrogen-bond acceptors (Lipinski definition) is 7. The molecule has 0 bridgehead atoms. The van der Waals surface area contributed by atoms with Crippen molar-refractivity contribution in [1.29, 1.82) is 0 Å². The smallest absolute Gasteiger partial charge is 0.315 e. The van der Waals surface area contributed by atoms with Crippen molar-refractivity contribution in [3.05, 3.63) is 34.3 Å². The largest absolute Gasteiger partial charge is 0.497 e. The molecule has 2 unspecified atom stereocenters. The maximum absolute atomic E-state index is 12.9. The first-order valence-electron chi connectivity index (χ1n) is 9.39. The van der Waals surface area contributed by atoms with Crippen LogP contribution in [0.5, 0.6) is 5.75 Å². The Bertz CT molecular complexity index is 981. The highest BCUT2D eigenvalue weighted by Gasteiger charge is 2.58. The number of amides is 2. The van der Waals surface area contributed by atoms with Crippen molar-refractivity contribution in [2.24, 2.45) is 5.41 Å². The number of halogens is 2. The Kier molecular flexibility index (Phi) is 7.26. The van der Waals surface area contributed by atoms with Gasteiger partial charge < -0.3 is 24.8 Å². The normalized spacial score (nSPS) is 24.0. The predicted octanol–water partition coefficient (Wildman–Crippen LogP) is 1.88. The highest BCUT2D eigenvalue weighted by molar-refractivity contribution is 8.00. The quantitative estimate of drug-likeness (QED) is 0.329. The zero-order chi connectivity index (χ0) is 23.6. The Hall–Kier alpha value is -2.43. The number of nitrogens with zero attached hydrogens (tertiary/aromatic N) is 1. The number of thioether (sulfide) groups is 1. The number of nitrogens with one attached hydrogen (secondary N) is 1. The lowest BCUT2D eigenvalue weighted by Crippen LogP contribution is -2.74. The molecule has 32 heavy (non-hydrogen) atoms. The maximum atomic E-state index is 12.9. The van der Waals surface area contributed by atoms with Gasteiger partial charge in [0.2, 0.25) is 5.91 Å². The number of carbonyl (C=O) groups excluding carboxylic acids is 3. The number of hydrogen-bond donors (Lipinski definition) is 2. The Labute approximate surface area is 198 Å². The molecule has 3 rings (SSSR count).